The molecule has 1 aromatic rings. The summed E-state index contributed by atoms with van der Waals surface area (Å²) in [5.41, 5.74) is 1.86. The summed E-state index contributed by atoms with van der Waals surface area (Å²) in [4.78, 5) is 14.3. The molecule has 1 fully saturated rings. The standard InChI is InChI=1S/C14H20N2OS/c1-2-15-13-6-4-12(5-7-13)14(17)16-8-3-10-18-11-9-16/h4-7,15H,2-3,8-11H2,1H3. The summed E-state index contributed by atoms with van der Waals surface area (Å²) in [5, 5.41) is 3.23. The van der Waals surface area contributed by atoms with Crippen molar-refractivity contribution in [2.75, 3.05) is 36.5 Å². The molecule has 4 heteroatoms. The first-order valence-corrected chi connectivity index (χ1v) is 7.67. The van der Waals surface area contributed by atoms with E-state index in [-0.39, 0.29) is 5.91 Å². The summed E-state index contributed by atoms with van der Waals surface area (Å²) >= 11 is 1.94. The van der Waals surface area contributed by atoms with Gasteiger partial charge >= 0.3 is 0 Å². The van der Waals surface area contributed by atoms with Crippen molar-refractivity contribution in [3.8, 4) is 0 Å². The highest BCUT2D eigenvalue weighted by Crippen LogP contribution is 2.15. The fourth-order valence-electron chi connectivity index (χ4n) is 2.07. The van der Waals surface area contributed by atoms with E-state index in [2.05, 4.69) is 12.2 Å². The topological polar surface area (TPSA) is 32.3 Å². The number of thioether (sulfide) groups is 1. The van der Waals surface area contributed by atoms with Gasteiger partial charge in [0.1, 0.15) is 0 Å². The fourth-order valence-corrected chi connectivity index (χ4v) is 2.95. The Kier molecular flexibility index (Phi) is 4.93. The van der Waals surface area contributed by atoms with E-state index in [1.54, 1.807) is 0 Å². The zero-order chi connectivity index (χ0) is 12.8. The summed E-state index contributed by atoms with van der Waals surface area (Å²) in [6, 6.07) is 7.78. The quantitative estimate of drug-likeness (QED) is 0.911. The van der Waals surface area contributed by atoms with Crippen LogP contribution in [0.4, 0.5) is 5.69 Å². The molecule has 2 rings (SSSR count). The van der Waals surface area contributed by atoms with Crippen molar-refractivity contribution in [1.82, 2.24) is 4.90 Å². The second-order valence-electron chi connectivity index (χ2n) is 4.37. The van der Waals surface area contributed by atoms with Gasteiger partial charge in [0.05, 0.1) is 0 Å². The lowest BCUT2D eigenvalue weighted by molar-refractivity contribution is 0.0768. The van der Waals surface area contributed by atoms with Crippen LogP contribution < -0.4 is 5.32 Å². The van der Waals surface area contributed by atoms with Gasteiger partial charge in [0.2, 0.25) is 0 Å². The van der Waals surface area contributed by atoms with Crippen LogP contribution in [0, 0.1) is 0 Å². The first kappa shape index (κ1) is 13.3. The predicted molar refractivity (Wildman–Crippen MR) is 78.5 cm³/mol. The molecule has 1 N–H and O–H groups in total. The first-order valence-electron chi connectivity index (χ1n) is 6.52. The lowest BCUT2D eigenvalue weighted by Gasteiger charge is -2.20. The monoisotopic (exact) mass is 264 g/mol. The SMILES string of the molecule is CCNc1ccc(C(=O)N2CCCSCC2)cc1. The molecule has 18 heavy (non-hydrogen) atoms. The maximum atomic E-state index is 12.3. The van der Waals surface area contributed by atoms with Crippen molar-refractivity contribution in [2.24, 2.45) is 0 Å². The highest BCUT2D eigenvalue weighted by atomic mass is 32.2. The molecule has 0 spiro atoms. The Bertz CT molecular complexity index is 383. The van der Waals surface area contributed by atoms with Crippen molar-refractivity contribution in [3.63, 3.8) is 0 Å². The van der Waals surface area contributed by atoms with E-state index in [1.807, 2.05) is 40.9 Å². The molecule has 0 bridgehead atoms. The van der Waals surface area contributed by atoms with Gasteiger partial charge in [-0.05, 0) is 43.4 Å². The summed E-state index contributed by atoms with van der Waals surface area (Å²) in [6.45, 7) is 4.73. The average molecular weight is 264 g/mol. The van der Waals surface area contributed by atoms with Gasteiger partial charge in [0.15, 0.2) is 0 Å². The molecule has 1 heterocycles. The van der Waals surface area contributed by atoms with Crippen LogP contribution in [-0.4, -0.2) is 41.9 Å². The van der Waals surface area contributed by atoms with Gasteiger partial charge in [0, 0.05) is 36.6 Å². The Labute approximate surface area is 113 Å². The zero-order valence-corrected chi connectivity index (χ0v) is 11.6. The molecule has 1 aliphatic rings. The number of carbonyl (C=O) groups is 1. The third kappa shape index (κ3) is 3.42. The number of hydrogen-bond donors (Lipinski definition) is 1. The Morgan fingerprint density at radius 1 is 1.28 bits per heavy atom. The van der Waals surface area contributed by atoms with E-state index < -0.39 is 0 Å². The lowest BCUT2D eigenvalue weighted by Crippen LogP contribution is -2.32. The van der Waals surface area contributed by atoms with E-state index in [1.165, 1.54) is 5.75 Å². The second kappa shape index (κ2) is 6.69. The van der Waals surface area contributed by atoms with Crippen molar-refractivity contribution in [3.05, 3.63) is 29.8 Å². The molecular formula is C14H20N2OS. The van der Waals surface area contributed by atoms with Crippen LogP contribution in [0.1, 0.15) is 23.7 Å². The summed E-state index contributed by atoms with van der Waals surface area (Å²) in [6.07, 6.45) is 1.10. The number of anilines is 1. The third-order valence-corrected chi connectivity index (χ3v) is 4.07. The molecule has 1 amide bonds. The van der Waals surface area contributed by atoms with Crippen molar-refractivity contribution < 1.29 is 4.79 Å². The largest absolute Gasteiger partial charge is 0.385 e. The highest BCUT2D eigenvalue weighted by molar-refractivity contribution is 7.99. The van der Waals surface area contributed by atoms with Crippen LogP contribution >= 0.6 is 11.8 Å². The van der Waals surface area contributed by atoms with E-state index in [4.69, 9.17) is 0 Å². The van der Waals surface area contributed by atoms with Crippen molar-refractivity contribution in [1.29, 1.82) is 0 Å². The van der Waals surface area contributed by atoms with Crippen LogP contribution in [0.5, 0.6) is 0 Å². The fraction of sp³-hybridized carbons (Fsp3) is 0.500. The van der Waals surface area contributed by atoms with E-state index in [0.717, 1.165) is 43.1 Å². The molecule has 0 unspecified atom stereocenters. The first-order chi connectivity index (χ1) is 8.81. The second-order valence-corrected chi connectivity index (χ2v) is 5.59. The molecular weight excluding hydrogens is 244 g/mol. The van der Waals surface area contributed by atoms with Gasteiger partial charge in [-0.15, -0.1) is 0 Å². The number of rotatable bonds is 3. The van der Waals surface area contributed by atoms with Crippen LogP contribution in [0.2, 0.25) is 0 Å². The number of amides is 1. The van der Waals surface area contributed by atoms with Gasteiger partial charge in [-0.2, -0.15) is 11.8 Å². The maximum absolute atomic E-state index is 12.3. The van der Waals surface area contributed by atoms with E-state index in [9.17, 15) is 4.79 Å². The van der Waals surface area contributed by atoms with Crippen LogP contribution in [-0.2, 0) is 0 Å². The van der Waals surface area contributed by atoms with Gasteiger partial charge < -0.3 is 10.2 Å². The van der Waals surface area contributed by atoms with Gasteiger partial charge in [-0.1, -0.05) is 0 Å². The van der Waals surface area contributed by atoms with Crippen molar-refractivity contribution >= 4 is 23.4 Å². The Morgan fingerprint density at radius 3 is 2.78 bits per heavy atom. The summed E-state index contributed by atoms with van der Waals surface area (Å²) in [5.74, 6) is 2.39. The minimum atomic E-state index is 0.167. The molecule has 1 saturated heterocycles. The summed E-state index contributed by atoms with van der Waals surface area (Å²) < 4.78 is 0. The molecule has 0 aliphatic carbocycles. The number of hydrogen-bond acceptors (Lipinski definition) is 3. The van der Waals surface area contributed by atoms with Crippen LogP contribution in [0.15, 0.2) is 24.3 Å². The number of nitrogens with zero attached hydrogens (tertiary/aromatic N) is 1. The lowest BCUT2D eigenvalue weighted by atomic mass is 10.1. The van der Waals surface area contributed by atoms with Gasteiger partial charge in [-0.25, -0.2) is 0 Å². The summed E-state index contributed by atoms with van der Waals surface area (Å²) in [7, 11) is 0. The Morgan fingerprint density at radius 2 is 2.06 bits per heavy atom. The van der Waals surface area contributed by atoms with Crippen LogP contribution in [0.25, 0.3) is 0 Å². The van der Waals surface area contributed by atoms with Crippen molar-refractivity contribution in [2.45, 2.75) is 13.3 Å². The molecule has 0 radical (unpaired) electrons. The molecule has 3 nitrogen and oxygen atoms in total. The number of nitrogens with one attached hydrogen (secondary N) is 1. The molecule has 0 atom stereocenters. The minimum Gasteiger partial charge on any atom is -0.385 e. The van der Waals surface area contributed by atoms with E-state index >= 15 is 0 Å². The average Bonchev–Trinajstić information content (AvgIpc) is 2.68. The molecule has 1 aliphatic heterocycles. The predicted octanol–water partition coefficient (Wildman–Crippen LogP) is 2.70. The number of carbonyl (C=O) groups excluding carboxylic acids is 1. The molecule has 98 valence electrons. The van der Waals surface area contributed by atoms with Gasteiger partial charge in [-0.3, -0.25) is 4.79 Å². The normalized spacial score (nSPS) is 16.2. The van der Waals surface area contributed by atoms with E-state index in [0.29, 0.717) is 0 Å². The molecule has 0 aromatic heterocycles. The Hall–Kier alpha value is -1.16. The highest BCUT2D eigenvalue weighted by Gasteiger charge is 2.16. The molecule has 0 saturated carbocycles. The third-order valence-electron chi connectivity index (χ3n) is 3.02. The zero-order valence-electron chi connectivity index (χ0n) is 10.8. The maximum Gasteiger partial charge on any atom is 0.253 e. The minimum absolute atomic E-state index is 0.167. The Balaban J connectivity index is 2.02. The van der Waals surface area contributed by atoms with Crippen LogP contribution in [0.3, 0.4) is 0 Å². The van der Waals surface area contributed by atoms with Gasteiger partial charge in [0.25, 0.3) is 5.91 Å². The molecule has 1 aromatic carbocycles. The number of benzene rings is 1. The smallest absolute Gasteiger partial charge is 0.253 e.